The van der Waals surface area contributed by atoms with Gasteiger partial charge < -0.3 is 14.2 Å². The highest BCUT2D eigenvalue weighted by atomic mass is 32.1. The van der Waals surface area contributed by atoms with Crippen molar-refractivity contribution in [3.05, 3.63) is 52.6 Å². The fourth-order valence-electron chi connectivity index (χ4n) is 4.05. The van der Waals surface area contributed by atoms with E-state index in [1.54, 1.807) is 42.9 Å². The second kappa shape index (κ2) is 6.79. The third-order valence-corrected chi connectivity index (χ3v) is 6.88. The van der Waals surface area contributed by atoms with E-state index in [-0.39, 0.29) is 11.5 Å². The van der Waals surface area contributed by atoms with Gasteiger partial charge in [0.2, 0.25) is 0 Å². The molecule has 5 rings (SSSR count). The molecule has 2 aliphatic rings. The van der Waals surface area contributed by atoms with Crippen molar-refractivity contribution in [3.63, 3.8) is 0 Å². The van der Waals surface area contributed by atoms with Gasteiger partial charge in [-0.3, -0.25) is 14.8 Å². The van der Waals surface area contributed by atoms with Gasteiger partial charge in [-0.25, -0.2) is 0 Å². The summed E-state index contributed by atoms with van der Waals surface area (Å²) in [7, 11) is 0. The highest BCUT2D eigenvalue weighted by Gasteiger charge is 2.43. The maximum absolute atomic E-state index is 12.7. The van der Waals surface area contributed by atoms with Crippen LogP contribution in [-0.2, 0) is 16.8 Å². The average molecular weight is 396 g/mol. The molecule has 1 spiro atoms. The molecule has 8 heteroatoms. The van der Waals surface area contributed by atoms with Gasteiger partial charge in [0.05, 0.1) is 23.4 Å². The van der Waals surface area contributed by atoms with Crippen molar-refractivity contribution < 1.29 is 14.1 Å². The molecule has 7 nitrogen and oxygen atoms in total. The van der Waals surface area contributed by atoms with E-state index in [4.69, 9.17) is 9.26 Å². The Balaban J connectivity index is 1.38. The standard InChI is InChI=1S/C20H20N4O3S/c1-13-10-15(23-27-13)19(25)24-7-3-20(4-8-24)18-14(2-9-26-20)11-17(28-18)16-12-21-5-6-22-16/h5-6,10-12H,2-4,7-9H2,1H3. The lowest BCUT2D eigenvalue weighted by molar-refractivity contribution is -0.0906. The maximum atomic E-state index is 12.7. The number of piperidine rings is 1. The molecule has 1 saturated heterocycles. The number of thiophene rings is 1. The molecule has 1 amide bonds. The molecule has 0 atom stereocenters. The van der Waals surface area contributed by atoms with Crippen LogP contribution in [0, 0.1) is 6.92 Å². The predicted octanol–water partition coefficient (Wildman–Crippen LogP) is 3.21. The topological polar surface area (TPSA) is 81.4 Å². The van der Waals surface area contributed by atoms with Crippen LogP contribution in [-0.4, -0.2) is 45.6 Å². The van der Waals surface area contributed by atoms with Gasteiger partial charge in [-0.1, -0.05) is 5.16 Å². The first-order valence-electron chi connectivity index (χ1n) is 9.41. The van der Waals surface area contributed by atoms with Crippen molar-refractivity contribution in [2.75, 3.05) is 19.7 Å². The summed E-state index contributed by atoms with van der Waals surface area (Å²) in [5.74, 6) is 0.571. The van der Waals surface area contributed by atoms with Crippen LogP contribution in [0.25, 0.3) is 10.6 Å². The Morgan fingerprint density at radius 1 is 1.25 bits per heavy atom. The molecule has 0 aromatic carbocycles. The summed E-state index contributed by atoms with van der Waals surface area (Å²) < 4.78 is 11.4. The van der Waals surface area contributed by atoms with E-state index in [0.29, 0.717) is 31.2 Å². The third kappa shape index (κ3) is 2.93. The van der Waals surface area contributed by atoms with Crippen molar-refractivity contribution in [2.24, 2.45) is 0 Å². The highest BCUT2D eigenvalue weighted by Crippen LogP contribution is 2.47. The first kappa shape index (κ1) is 17.5. The average Bonchev–Trinajstić information content (AvgIpc) is 3.36. The van der Waals surface area contributed by atoms with Gasteiger partial charge in [0.25, 0.3) is 5.91 Å². The molecule has 1 fully saturated rings. The summed E-state index contributed by atoms with van der Waals surface area (Å²) in [4.78, 5) is 25.5. The predicted molar refractivity (Wildman–Crippen MR) is 103 cm³/mol. The summed E-state index contributed by atoms with van der Waals surface area (Å²) in [6, 6.07) is 3.92. The Hall–Kier alpha value is -2.58. The molecule has 3 aromatic heterocycles. The maximum Gasteiger partial charge on any atom is 0.276 e. The van der Waals surface area contributed by atoms with Crippen molar-refractivity contribution in [2.45, 2.75) is 31.8 Å². The van der Waals surface area contributed by atoms with E-state index in [1.807, 2.05) is 4.90 Å². The van der Waals surface area contributed by atoms with Crippen LogP contribution >= 0.6 is 11.3 Å². The SMILES string of the molecule is Cc1cc(C(=O)N2CCC3(CC2)OCCc2cc(-c4cnccn4)sc23)no1. The number of nitrogens with zero attached hydrogens (tertiary/aromatic N) is 4. The zero-order valence-electron chi connectivity index (χ0n) is 15.6. The number of hydrogen-bond donors (Lipinski definition) is 0. The van der Waals surface area contributed by atoms with Crippen LogP contribution in [0.4, 0.5) is 0 Å². The molecule has 0 aliphatic carbocycles. The molecule has 144 valence electrons. The Bertz CT molecular complexity index is 1010. The number of ether oxygens (including phenoxy) is 1. The Labute approximate surface area is 166 Å². The minimum absolute atomic E-state index is 0.0749. The van der Waals surface area contributed by atoms with E-state index in [9.17, 15) is 4.79 Å². The number of fused-ring (bicyclic) bond motifs is 2. The number of aryl methyl sites for hydroxylation is 1. The minimum Gasteiger partial charge on any atom is -0.369 e. The number of rotatable bonds is 2. The number of carbonyl (C=O) groups is 1. The molecule has 2 aliphatic heterocycles. The van der Waals surface area contributed by atoms with Crippen LogP contribution in [0.2, 0.25) is 0 Å². The summed E-state index contributed by atoms with van der Waals surface area (Å²) in [5.41, 5.74) is 2.30. The molecule has 3 aromatic rings. The van der Waals surface area contributed by atoms with E-state index >= 15 is 0 Å². The van der Waals surface area contributed by atoms with Gasteiger partial charge >= 0.3 is 0 Å². The summed E-state index contributed by atoms with van der Waals surface area (Å²) in [5, 5.41) is 3.86. The Kier molecular flexibility index (Phi) is 4.25. The monoisotopic (exact) mass is 396 g/mol. The van der Waals surface area contributed by atoms with Crippen LogP contribution in [0.15, 0.2) is 35.2 Å². The van der Waals surface area contributed by atoms with Gasteiger partial charge in [0.15, 0.2) is 5.69 Å². The zero-order valence-corrected chi connectivity index (χ0v) is 16.4. The first-order valence-corrected chi connectivity index (χ1v) is 10.2. The molecule has 0 radical (unpaired) electrons. The molecule has 0 saturated carbocycles. The van der Waals surface area contributed by atoms with Gasteiger partial charge in [0, 0.05) is 36.4 Å². The molecule has 28 heavy (non-hydrogen) atoms. The molecule has 0 unspecified atom stereocenters. The quantitative estimate of drug-likeness (QED) is 0.662. The number of amides is 1. The minimum atomic E-state index is -0.310. The van der Waals surface area contributed by atoms with E-state index < -0.39 is 0 Å². The van der Waals surface area contributed by atoms with E-state index in [2.05, 4.69) is 21.2 Å². The van der Waals surface area contributed by atoms with Gasteiger partial charge in [-0.15, -0.1) is 11.3 Å². The Morgan fingerprint density at radius 3 is 2.82 bits per heavy atom. The van der Waals surface area contributed by atoms with Crippen LogP contribution in [0.3, 0.4) is 0 Å². The van der Waals surface area contributed by atoms with Gasteiger partial charge in [-0.05, 0) is 37.8 Å². The van der Waals surface area contributed by atoms with Crippen LogP contribution in [0.5, 0.6) is 0 Å². The van der Waals surface area contributed by atoms with Crippen LogP contribution < -0.4 is 0 Å². The fraction of sp³-hybridized carbons (Fsp3) is 0.400. The van der Waals surface area contributed by atoms with Crippen molar-refractivity contribution in [3.8, 4) is 10.6 Å². The molecular formula is C20H20N4O3S. The van der Waals surface area contributed by atoms with E-state index in [0.717, 1.165) is 29.8 Å². The molecule has 0 N–H and O–H groups in total. The summed E-state index contributed by atoms with van der Waals surface area (Å²) in [6.07, 6.45) is 7.67. The lowest BCUT2D eigenvalue weighted by atomic mass is 9.85. The Morgan fingerprint density at radius 2 is 2.11 bits per heavy atom. The van der Waals surface area contributed by atoms with Crippen LogP contribution in [0.1, 0.15) is 39.5 Å². The number of carbonyl (C=O) groups excluding carboxylic acids is 1. The highest BCUT2D eigenvalue weighted by molar-refractivity contribution is 7.15. The largest absolute Gasteiger partial charge is 0.369 e. The molecule has 5 heterocycles. The van der Waals surface area contributed by atoms with Gasteiger partial charge in [-0.2, -0.15) is 0 Å². The molecule has 0 bridgehead atoms. The third-order valence-electron chi connectivity index (χ3n) is 5.49. The first-order chi connectivity index (χ1) is 13.6. The van der Waals surface area contributed by atoms with Crippen molar-refractivity contribution in [1.29, 1.82) is 0 Å². The fourth-order valence-corrected chi connectivity index (χ4v) is 5.42. The number of likely N-dealkylation sites (tertiary alicyclic amines) is 1. The molecular weight excluding hydrogens is 376 g/mol. The summed E-state index contributed by atoms with van der Waals surface area (Å²) >= 11 is 1.74. The number of aromatic nitrogens is 3. The van der Waals surface area contributed by atoms with E-state index in [1.165, 1.54) is 10.4 Å². The van der Waals surface area contributed by atoms with Crippen molar-refractivity contribution >= 4 is 17.2 Å². The lowest BCUT2D eigenvalue weighted by Gasteiger charge is -2.43. The smallest absolute Gasteiger partial charge is 0.276 e. The lowest BCUT2D eigenvalue weighted by Crippen LogP contribution is -2.47. The summed E-state index contributed by atoms with van der Waals surface area (Å²) in [6.45, 7) is 3.78. The zero-order chi connectivity index (χ0) is 19.1. The second-order valence-corrected chi connectivity index (χ2v) is 8.32. The van der Waals surface area contributed by atoms with Crippen molar-refractivity contribution in [1.82, 2.24) is 20.0 Å². The second-order valence-electron chi connectivity index (χ2n) is 7.26. The number of hydrogen-bond acceptors (Lipinski definition) is 7. The van der Waals surface area contributed by atoms with Gasteiger partial charge in [0.1, 0.15) is 11.4 Å². The normalized spacial score (nSPS) is 18.2.